The second-order valence-electron chi connectivity index (χ2n) is 2.49. The highest BCUT2D eigenvalue weighted by Gasteiger charge is 2.14. The summed E-state index contributed by atoms with van der Waals surface area (Å²) in [6.45, 7) is 1.80. The minimum Gasteiger partial charge on any atom is -0.241 e. The molecule has 1 rings (SSSR count). The Balaban J connectivity index is 2.77. The van der Waals surface area contributed by atoms with Gasteiger partial charge in [-0.15, -0.1) is 0 Å². The predicted octanol–water partition coefficient (Wildman–Crippen LogP) is 3.48. The van der Waals surface area contributed by atoms with E-state index < -0.39 is 6.17 Å². The molecule has 0 fully saturated rings. The van der Waals surface area contributed by atoms with E-state index in [4.69, 9.17) is 0 Å². The fraction of sp³-hybridized carbons (Fsp3) is 0.333. The third-order valence-electron chi connectivity index (χ3n) is 1.52. The van der Waals surface area contributed by atoms with Crippen molar-refractivity contribution >= 4 is 15.9 Å². The molecule has 0 nitrogen and oxygen atoms in total. The number of rotatable bonds is 2. The smallest absolute Gasteiger partial charge is 0.137 e. The molecule has 60 valence electrons. The van der Waals surface area contributed by atoms with Crippen LogP contribution in [0.25, 0.3) is 0 Å². The van der Waals surface area contributed by atoms with E-state index >= 15 is 0 Å². The summed E-state index contributed by atoms with van der Waals surface area (Å²) in [5, 5.41) is 0. The van der Waals surface area contributed by atoms with Gasteiger partial charge in [-0.2, -0.15) is 0 Å². The number of hydrogen-bond acceptors (Lipinski definition) is 0. The molecule has 0 unspecified atom stereocenters. The summed E-state index contributed by atoms with van der Waals surface area (Å²) in [7, 11) is 0. The first kappa shape index (κ1) is 8.72. The van der Waals surface area contributed by atoms with E-state index in [1.807, 2.05) is 18.2 Å². The van der Waals surface area contributed by atoms with E-state index in [0.717, 1.165) is 5.56 Å². The normalized spacial score (nSPS) is 15.9. The lowest BCUT2D eigenvalue weighted by Crippen LogP contribution is -2.01. The molecule has 0 spiro atoms. The Kier molecular flexibility index (Phi) is 3.06. The molecular weight excluding hydrogens is 207 g/mol. The SMILES string of the molecule is C[C@H](Br)[C@H](F)c1ccccc1. The number of halogens is 2. The molecule has 0 saturated carbocycles. The minimum atomic E-state index is -0.906. The van der Waals surface area contributed by atoms with Crippen LogP contribution in [0.4, 0.5) is 4.39 Å². The average Bonchev–Trinajstić information content (AvgIpc) is 2.05. The second-order valence-corrected chi connectivity index (χ2v) is 3.93. The van der Waals surface area contributed by atoms with Crippen LogP contribution in [0.5, 0.6) is 0 Å². The predicted molar refractivity (Wildman–Crippen MR) is 48.7 cm³/mol. The summed E-state index contributed by atoms with van der Waals surface area (Å²) >= 11 is 3.20. The first-order valence-corrected chi connectivity index (χ1v) is 4.46. The Morgan fingerprint density at radius 2 is 1.82 bits per heavy atom. The van der Waals surface area contributed by atoms with Crippen molar-refractivity contribution in [2.45, 2.75) is 17.9 Å². The molecule has 2 atom stereocenters. The maximum absolute atomic E-state index is 13.2. The summed E-state index contributed by atoms with van der Waals surface area (Å²) in [5.41, 5.74) is 0.733. The highest BCUT2D eigenvalue weighted by Crippen LogP contribution is 2.25. The van der Waals surface area contributed by atoms with E-state index in [1.54, 1.807) is 19.1 Å². The van der Waals surface area contributed by atoms with Crippen molar-refractivity contribution in [1.82, 2.24) is 0 Å². The number of alkyl halides is 2. The van der Waals surface area contributed by atoms with Crippen LogP contribution in [0.15, 0.2) is 30.3 Å². The van der Waals surface area contributed by atoms with Crippen LogP contribution in [0.3, 0.4) is 0 Å². The van der Waals surface area contributed by atoms with Crippen LogP contribution in [-0.4, -0.2) is 4.83 Å². The van der Waals surface area contributed by atoms with Crippen molar-refractivity contribution in [2.24, 2.45) is 0 Å². The second kappa shape index (κ2) is 3.86. The number of benzene rings is 1. The molecule has 0 aliphatic rings. The molecule has 0 bridgehead atoms. The van der Waals surface area contributed by atoms with Crippen molar-refractivity contribution in [2.75, 3.05) is 0 Å². The first-order chi connectivity index (χ1) is 5.22. The van der Waals surface area contributed by atoms with E-state index in [9.17, 15) is 4.39 Å². The van der Waals surface area contributed by atoms with Crippen LogP contribution >= 0.6 is 15.9 Å². The molecule has 2 heteroatoms. The van der Waals surface area contributed by atoms with Gasteiger partial charge >= 0.3 is 0 Å². The van der Waals surface area contributed by atoms with Crippen molar-refractivity contribution < 1.29 is 4.39 Å². The van der Waals surface area contributed by atoms with Crippen LogP contribution < -0.4 is 0 Å². The van der Waals surface area contributed by atoms with Crippen molar-refractivity contribution in [3.63, 3.8) is 0 Å². The molecule has 0 radical (unpaired) electrons. The first-order valence-electron chi connectivity index (χ1n) is 3.55. The molecule has 0 saturated heterocycles. The third kappa shape index (κ3) is 2.29. The number of hydrogen-bond donors (Lipinski definition) is 0. The molecule has 0 aliphatic heterocycles. The zero-order chi connectivity index (χ0) is 8.27. The van der Waals surface area contributed by atoms with Gasteiger partial charge in [0.05, 0.1) is 0 Å². The summed E-state index contributed by atoms with van der Waals surface area (Å²) in [6.07, 6.45) is -0.906. The van der Waals surface area contributed by atoms with Crippen LogP contribution in [0.2, 0.25) is 0 Å². The fourth-order valence-electron chi connectivity index (χ4n) is 0.902. The molecule has 0 aliphatic carbocycles. The van der Waals surface area contributed by atoms with Gasteiger partial charge in [-0.1, -0.05) is 46.3 Å². The molecule has 1 aromatic carbocycles. The maximum atomic E-state index is 13.2. The lowest BCUT2D eigenvalue weighted by atomic mass is 10.1. The highest BCUT2D eigenvalue weighted by atomic mass is 79.9. The van der Waals surface area contributed by atoms with E-state index in [-0.39, 0.29) is 4.83 Å². The van der Waals surface area contributed by atoms with Gasteiger partial charge in [0.25, 0.3) is 0 Å². The summed E-state index contributed by atoms with van der Waals surface area (Å²) in [6, 6.07) is 9.16. The Morgan fingerprint density at radius 3 is 2.27 bits per heavy atom. The zero-order valence-electron chi connectivity index (χ0n) is 6.30. The molecular formula is C9H10BrF. The Morgan fingerprint density at radius 1 is 1.27 bits per heavy atom. The standard InChI is InChI=1S/C9H10BrF/c1-7(10)9(11)8-5-3-2-4-6-8/h2-7,9H,1H3/t7-,9-/m0/s1. The summed E-state index contributed by atoms with van der Waals surface area (Å²) < 4.78 is 13.2. The topological polar surface area (TPSA) is 0 Å². The molecule has 1 aromatic rings. The maximum Gasteiger partial charge on any atom is 0.137 e. The van der Waals surface area contributed by atoms with Gasteiger partial charge < -0.3 is 0 Å². The van der Waals surface area contributed by atoms with Gasteiger partial charge in [-0.3, -0.25) is 0 Å². The molecule has 11 heavy (non-hydrogen) atoms. The third-order valence-corrected chi connectivity index (χ3v) is 1.99. The van der Waals surface area contributed by atoms with E-state index in [2.05, 4.69) is 15.9 Å². The van der Waals surface area contributed by atoms with E-state index in [1.165, 1.54) is 0 Å². The zero-order valence-corrected chi connectivity index (χ0v) is 7.88. The van der Waals surface area contributed by atoms with Crippen LogP contribution in [0, 0.1) is 0 Å². The van der Waals surface area contributed by atoms with Crippen LogP contribution in [-0.2, 0) is 0 Å². The monoisotopic (exact) mass is 216 g/mol. The lowest BCUT2D eigenvalue weighted by molar-refractivity contribution is 0.345. The Bertz CT molecular complexity index is 208. The molecule has 0 N–H and O–H groups in total. The van der Waals surface area contributed by atoms with Crippen molar-refractivity contribution in [1.29, 1.82) is 0 Å². The van der Waals surface area contributed by atoms with Crippen molar-refractivity contribution in [3.05, 3.63) is 35.9 Å². The highest BCUT2D eigenvalue weighted by molar-refractivity contribution is 9.09. The lowest BCUT2D eigenvalue weighted by Gasteiger charge is -2.09. The Labute approximate surface area is 74.6 Å². The Hall–Kier alpha value is -0.370. The quantitative estimate of drug-likeness (QED) is 0.665. The van der Waals surface area contributed by atoms with E-state index in [0.29, 0.717) is 0 Å². The van der Waals surface area contributed by atoms with Gasteiger partial charge in [0.1, 0.15) is 6.17 Å². The van der Waals surface area contributed by atoms with Gasteiger partial charge in [0, 0.05) is 4.83 Å². The average molecular weight is 217 g/mol. The van der Waals surface area contributed by atoms with Gasteiger partial charge in [-0.05, 0) is 12.5 Å². The van der Waals surface area contributed by atoms with Crippen LogP contribution in [0.1, 0.15) is 18.7 Å². The van der Waals surface area contributed by atoms with Gasteiger partial charge in [-0.25, -0.2) is 4.39 Å². The summed E-state index contributed by atoms with van der Waals surface area (Å²) in [4.78, 5) is -0.120. The largest absolute Gasteiger partial charge is 0.241 e. The van der Waals surface area contributed by atoms with Crippen molar-refractivity contribution in [3.8, 4) is 0 Å². The molecule has 0 heterocycles. The minimum absolute atomic E-state index is 0.120. The summed E-state index contributed by atoms with van der Waals surface area (Å²) in [5.74, 6) is 0. The molecule has 0 amide bonds. The van der Waals surface area contributed by atoms with Gasteiger partial charge in [0.15, 0.2) is 0 Å². The fourth-order valence-corrected chi connectivity index (χ4v) is 1.21. The van der Waals surface area contributed by atoms with Gasteiger partial charge in [0.2, 0.25) is 0 Å². The molecule has 0 aromatic heterocycles.